The Kier molecular flexibility index (Phi) is 6.87. The van der Waals surface area contributed by atoms with Gasteiger partial charge >= 0.3 is 5.97 Å². The molecule has 0 aliphatic carbocycles. The van der Waals surface area contributed by atoms with Crippen LogP contribution >= 0.6 is 0 Å². The van der Waals surface area contributed by atoms with Crippen LogP contribution in [0.15, 0.2) is 83.9 Å². The van der Waals surface area contributed by atoms with Crippen molar-refractivity contribution in [2.24, 2.45) is 0 Å². The average Bonchev–Trinajstić information content (AvgIpc) is 3.28. The molecule has 0 atom stereocenters. The van der Waals surface area contributed by atoms with Crippen LogP contribution in [-0.2, 0) is 17.6 Å². The van der Waals surface area contributed by atoms with Crippen molar-refractivity contribution >= 4 is 5.97 Å². The molecule has 0 aliphatic rings. The summed E-state index contributed by atoms with van der Waals surface area (Å²) in [5, 5.41) is 13.0. The highest BCUT2D eigenvalue weighted by molar-refractivity contribution is 5.68. The number of carboxylic acid groups (broad SMARTS) is 1. The normalized spacial score (nSPS) is 10.9. The molecule has 0 unspecified atom stereocenters. The van der Waals surface area contributed by atoms with Crippen molar-refractivity contribution < 1.29 is 19.2 Å². The summed E-state index contributed by atoms with van der Waals surface area (Å²) < 4.78 is 11.0. The minimum absolute atomic E-state index is 0.123. The van der Waals surface area contributed by atoms with Crippen molar-refractivity contribution in [3.05, 3.63) is 108 Å². The van der Waals surface area contributed by atoms with Gasteiger partial charge in [-0.2, -0.15) is 0 Å². The Balaban J connectivity index is 1.42. The van der Waals surface area contributed by atoms with Crippen LogP contribution in [0.2, 0.25) is 0 Å². The zero-order valence-electron chi connectivity index (χ0n) is 17.4. The zero-order valence-corrected chi connectivity index (χ0v) is 17.4. The van der Waals surface area contributed by atoms with Crippen LogP contribution in [0.4, 0.5) is 0 Å². The lowest BCUT2D eigenvalue weighted by atomic mass is 9.91. The largest absolute Gasteiger partial charge is 0.482 e. The van der Waals surface area contributed by atoms with E-state index in [1.54, 1.807) is 18.5 Å². The van der Waals surface area contributed by atoms with Crippen LogP contribution in [0, 0.1) is 0 Å². The molecule has 4 rings (SSSR count). The van der Waals surface area contributed by atoms with E-state index >= 15 is 0 Å². The lowest BCUT2D eigenvalue weighted by molar-refractivity contribution is -0.139. The molecular formula is C25H23N3O4. The van der Waals surface area contributed by atoms with Gasteiger partial charge in [-0.1, -0.05) is 29.4 Å². The molecule has 1 aromatic carbocycles. The number of hydrogen-bond donors (Lipinski definition) is 1. The number of aliphatic carboxylic acids is 1. The molecule has 7 nitrogen and oxygen atoms in total. The number of ether oxygens (including phenoxy) is 1. The Morgan fingerprint density at radius 1 is 0.969 bits per heavy atom. The first-order chi connectivity index (χ1) is 15.7. The third-order valence-corrected chi connectivity index (χ3v) is 5.06. The number of hydrogen-bond acceptors (Lipinski definition) is 6. The molecule has 3 aromatic heterocycles. The minimum Gasteiger partial charge on any atom is -0.482 e. The molecule has 4 aromatic rings. The van der Waals surface area contributed by atoms with Gasteiger partial charge in [0.15, 0.2) is 6.61 Å². The highest BCUT2D eigenvalue weighted by Gasteiger charge is 2.22. The molecule has 0 amide bonds. The Hall–Kier alpha value is -4.00. The van der Waals surface area contributed by atoms with Crippen molar-refractivity contribution in [2.75, 3.05) is 6.61 Å². The number of pyridine rings is 2. The van der Waals surface area contributed by atoms with Crippen molar-refractivity contribution in [1.82, 2.24) is 15.1 Å². The molecular weight excluding hydrogens is 406 g/mol. The number of carbonyl (C=O) groups is 1. The summed E-state index contributed by atoms with van der Waals surface area (Å²) >= 11 is 0. The Morgan fingerprint density at radius 3 is 2.38 bits per heavy atom. The van der Waals surface area contributed by atoms with Crippen LogP contribution < -0.4 is 4.74 Å². The summed E-state index contributed by atoms with van der Waals surface area (Å²) in [5.74, 6) is 0.198. The maximum atomic E-state index is 10.7. The Bertz CT molecular complexity index is 1110. The predicted octanol–water partition coefficient (Wildman–Crippen LogP) is 4.28. The van der Waals surface area contributed by atoms with E-state index in [9.17, 15) is 4.79 Å². The molecule has 7 heteroatoms. The standard InChI is InChI=1S/C25H23N3O4/c29-24(30)17-31-22-10-2-6-18(13-22)5-1-9-21-14-23(32-28-21)25(19-7-3-11-26-15-19)20-8-4-12-27-16-20/h2-4,6-8,10-16,25H,1,5,9,17H2,(H,29,30). The van der Waals surface area contributed by atoms with E-state index in [-0.39, 0.29) is 12.5 Å². The maximum Gasteiger partial charge on any atom is 0.341 e. The number of benzene rings is 1. The van der Waals surface area contributed by atoms with Gasteiger partial charge in [0, 0.05) is 30.9 Å². The van der Waals surface area contributed by atoms with Crippen LogP contribution in [0.3, 0.4) is 0 Å². The van der Waals surface area contributed by atoms with Crippen molar-refractivity contribution in [1.29, 1.82) is 0 Å². The van der Waals surface area contributed by atoms with Gasteiger partial charge in [0.2, 0.25) is 0 Å². The SMILES string of the molecule is O=C(O)COc1cccc(CCCc2cc(C(c3cccnc3)c3cccnc3)on2)c1. The lowest BCUT2D eigenvalue weighted by Gasteiger charge is -2.13. The summed E-state index contributed by atoms with van der Waals surface area (Å²) in [4.78, 5) is 19.2. The molecule has 32 heavy (non-hydrogen) atoms. The van der Waals surface area contributed by atoms with Crippen molar-refractivity contribution in [3.8, 4) is 5.75 Å². The van der Waals surface area contributed by atoms with E-state index in [1.165, 1.54) is 0 Å². The molecule has 0 saturated carbocycles. The third-order valence-electron chi connectivity index (χ3n) is 5.06. The number of aryl methyl sites for hydroxylation is 2. The molecule has 0 aliphatic heterocycles. The summed E-state index contributed by atoms with van der Waals surface area (Å²) in [6, 6.07) is 17.4. The highest BCUT2D eigenvalue weighted by atomic mass is 16.5. The number of aromatic nitrogens is 3. The van der Waals surface area contributed by atoms with Crippen LogP contribution in [-0.4, -0.2) is 32.8 Å². The van der Waals surface area contributed by atoms with Gasteiger partial charge in [0.05, 0.1) is 11.6 Å². The van der Waals surface area contributed by atoms with Gasteiger partial charge in [-0.25, -0.2) is 4.79 Å². The van der Waals surface area contributed by atoms with Gasteiger partial charge in [0.25, 0.3) is 0 Å². The average molecular weight is 429 g/mol. The van der Waals surface area contributed by atoms with Gasteiger partial charge in [-0.15, -0.1) is 0 Å². The second kappa shape index (κ2) is 10.3. The first kappa shape index (κ1) is 21.2. The summed E-state index contributed by atoms with van der Waals surface area (Å²) in [6.07, 6.45) is 9.61. The molecule has 0 spiro atoms. The monoisotopic (exact) mass is 429 g/mol. The van der Waals surface area contributed by atoms with E-state index in [0.717, 1.165) is 47.4 Å². The fourth-order valence-corrected chi connectivity index (χ4v) is 3.61. The minimum atomic E-state index is -0.992. The topological polar surface area (TPSA) is 98.3 Å². The lowest BCUT2D eigenvalue weighted by Crippen LogP contribution is -2.09. The molecule has 0 radical (unpaired) electrons. The molecule has 1 N–H and O–H groups in total. The zero-order chi connectivity index (χ0) is 22.2. The van der Waals surface area contributed by atoms with Crippen LogP contribution in [0.5, 0.6) is 5.75 Å². The Morgan fingerprint density at radius 2 is 1.72 bits per heavy atom. The third kappa shape index (κ3) is 5.57. The van der Waals surface area contributed by atoms with Gasteiger partial charge in [-0.3, -0.25) is 9.97 Å². The number of carboxylic acids is 1. The Labute approximate surface area is 185 Å². The maximum absolute atomic E-state index is 10.7. The van der Waals surface area contributed by atoms with Crippen molar-refractivity contribution in [2.45, 2.75) is 25.2 Å². The fourth-order valence-electron chi connectivity index (χ4n) is 3.61. The summed E-state index contributed by atoms with van der Waals surface area (Å²) in [7, 11) is 0. The van der Waals surface area contributed by atoms with Gasteiger partial charge < -0.3 is 14.4 Å². The van der Waals surface area contributed by atoms with E-state index < -0.39 is 5.97 Å². The number of nitrogens with zero attached hydrogens (tertiary/aromatic N) is 3. The predicted molar refractivity (Wildman–Crippen MR) is 118 cm³/mol. The first-order valence-corrected chi connectivity index (χ1v) is 10.4. The molecule has 162 valence electrons. The summed E-state index contributed by atoms with van der Waals surface area (Å²) in [5.41, 5.74) is 4.00. The quantitative estimate of drug-likeness (QED) is 0.402. The van der Waals surface area contributed by atoms with E-state index in [0.29, 0.717) is 5.75 Å². The molecule has 3 heterocycles. The van der Waals surface area contributed by atoms with Crippen molar-refractivity contribution in [3.63, 3.8) is 0 Å². The number of rotatable bonds is 10. The van der Waals surface area contributed by atoms with Gasteiger partial charge in [-0.05, 0) is 60.2 Å². The van der Waals surface area contributed by atoms with E-state index in [2.05, 4.69) is 15.1 Å². The fraction of sp³-hybridized carbons (Fsp3) is 0.200. The smallest absolute Gasteiger partial charge is 0.341 e. The first-order valence-electron chi connectivity index (χ1n) is 10.4. The van der Waals surface area contributed by atoms with Gasteiger partial charge in [0.1, 0.15) is 11.5 Å². The summed E-state index contributed by atoms with van der Waals surface area (Å²) in [6.45, 7) is -0.347. The molecule has 0 fully saturated rings. The van der Waals surface area contributed by atoms with Crippen LogP contribution in [0.1, 0.15) is 40.5 Å². The highest BCUT2D eigenvalue weighted by Crippen LogP contribution is 2.31. The molecule has 0 bridgehead atoms. The van der Waals surface area contributed by atoms with E-state index in [4.69, 9.17) is 14.4 Å². The molecule has 0 saturated heterocycles. The second-order valence-corrected chi connectivity index (χ2v) is 7.41. The van der Waals surface area contributed by atoms with E-state index in [1.807, 2.05) is 60.9 Å². The second-order valence-electron chi connectivity index (χ2n) is 7.41. The van der Waals surface area contributed by atoms with Crippen LogP contribution in [0.25, 0.3) is 0 Å².